The minimum atomic E-state index is 0.392. The minimum absolute atomic E-state index is 0.392. The van der Waals surface area contributed by atoms with E-state index in [-0.39, 0.29) is 0 Å². The molecular formula is C22H29N. The van der Waals surface area contributed by atoms with Crippen LogP contribution in [0.5, 0.6) is 0 Å². The van der Waals surface area contributed by atoms with Crippen molar-refractivity contribution in [2.45, 2.75) is 46.6 Å². The first-order valence-electron chi connectivity index (χ1n) is 8.67. The maximum absolute atomic E-state index is 3.25. The van der Waals surface area contributed by atoms with Gasteiger partial charge in [0.15, 0.2) is 0 Å². The number of allylic oxidation sites excluding steroid dienone is 1. The Bertz CT molecular complexity index is 665. The Hall–Kier alpha value is -1.86. The monoisotopic (exact) mass is 307 g/mol. The molecule has 0 aromatic heterocycles. The number of hydrogen-bond acceptors (Lipinski definition) is 1. The van der Waals surface area contributed by atoms with Crippen LogP contribution in [0.4, 0.5) is 0 Å². The normalized spacial score (nSPS) is 13.2. The molecule has 0 saturated carbocycles. The first-order valence-corrected chi connectivity index (χ1v) is 8.67. The highest BCUT2D eigenvalue weighted by Crippen LogP contribution is 2.25. The predicted octanol–water partition coefficient (Wildman–Crippen LogP) is 5.49. The van der Waals surface area contributed by atoms with Crippen molar-refractivity contribution in [3.8, 4) is 11.1 Å². The van der Waals surface area contributed by atoms with Crippen molar-refractivity contribution >= 4 is 5.57 Å². The van der Waals surface area contributed by atoms with Crippen LogP contribution in [0.3, 0.4) is 0 Å². The van der Waals surface area contributed by atoms with Crippen molar-refractivity contribution in [1.82, 2.24) is 5.32 Å². The van der Waals surface area contributed by atoms with Crippen LogP contribution in [-0.2, 0) is 12.8 Å². The summed E-state index contributed by atoms with van der Waals surface area (Å²) in [5, 5.41) is 3.25. The molecule has 0 bridgehead atoms. The number of rotatable bonds is 6. The fraction of sp³-hybridized carbons (Fsp3) is 0.364. The number of benzene rings is 2. The molecule has 0 aliphatic heterocycles. The average molecular weight is 307 g/mol. The van der Waals surface area contributed by atoms with Gasteiger partial charge in [0, 0.05) is 6.04 Å². The van der Waals surface area contributed by atoms with Gasteiger partial charge in [0.05, 0.1) is 0 Å². The van der Waals surface area contributed by atoms with Crippen LogP contribution in [0.25, 0.3) is 16.7 Å². The predicted molar refractivity (Wildman–Crippen MR) is 103 cm³/mol. The van der Waals surface area contributed by atoms with E-state index in [1.54, 1.807) is 0 Å². The Labute approximate surface area is 141 Å². The van der Waals surface area contributed by atoms with Gasteiger partial charge in [-0.2, -0.15) is 0 Å². The van der Waals surface area contributed by atoms with E-state index in [0.717, 1.165) is 12.8 Å². The molecule has 2 aromatic rings. The quantitative estimate of drug-likeness (QED) is 0.744. The highest BCUT2D eigenvalue weighted by Gasteiger charge is 2.04. The Morgan fingerprint density at radius 3 is 2.13 bits per heavy atom. The second-order valence-electron chi connectivity index (χ2n) is 6.19. The maximum Gasteiger partial charge on any atom is 0.0224 e. The van der Waals surface area contributed by atoms with Crippen molar-refractivity contribution in [2.75, 3.05) is 7.05 Å². The Morgan fingerprint density at radius 2 is 1.57 bits per heavy atom. The molecular weight excluding hydrogens is 278 g/mol. The summed E-state index contributed by atoms with van der Waals surface area (Å²) in [4.78, 5) is 0. The highest BCUT2D eigenvalue weighted by atomic mass is 14.8. The topological polar surface area (TPSA) is 12.0 Å². The lowest BCUT2D eigenvalue weighted by atomic mass is 9.95. The Kier molecular flexibility index (Phi) is 6.18. The van der Waals surface area contributed by atoms with Gasteiger partial charge in [-0.05, 0) is 67.1 Å². The van der Waals surface area contributed by atoms with Gasteiger partial charge in [0.1, 0.15) is 0 Å². The van der Waals surface area contributed by atoms with E-state index in [1.165, 1.54) is 33.4 Å². The third-order valence-electron chi connectivity index (χ3n) is 4.60. The lowest BCUT2D eigenvalue weighted by molar-refractivity contribution is 0.730. The average Bonchev–Trinajstić information content (AvgIpc) is 2.60. The van der Waals surface area contributed by atoms with E-state index < -0.39 is 0 Å². The zero-order valence-corrected chi connectivity index (χ0v) is 15.1. The second-order valence-corrected chi connectivity index (χ2v) is 6.19. The van der Waals surface area contributed by atoms with E-state index in [2.05, 4.69) is 81.6 Å². The number of likely N-dealkylation sites (N-methyl/N-ethyl adjacent to an activating group) is 1. The summed E-state index contributed by atoms with van der Waals surface area (Å²) >= 11 is 0. The van der Waals surface area contributed by atoms with Crippen molar-refractivity contribution in [2.24, 2.45) is 0 Å². The standard InChI is InChI=1S/C22H29N/c1-6-18-8-13-22(15-19(18)7-2)21-11-9-20(10-12-21)16(3)14-17(4)23-5/h8-15,17,23H,6-7H2,1-5H3/b16-14+. The van der Waals surface area contributed by atoms with E-state index in [1.807, 2.05) is 7.05 Å². The van der Waals surface area contributed by atoms with Crippen LogP contribution >= 0.6 is 0 Å². The largest absolute Gasteiger partial charge is 0.314 e. The van der Waals surface area contributed by atoms with Gasteiger partial charge >= 0.3 is 0 Å². The lowest BCUT2D eigenvalue weighted by Gasteiger charge is -2.11. The minimum Gasteiger partial charge on any atom is -0.314 e. The fourth-order valence-electron chi connectivity index (χ4n) is 2.96. The summed E-state index contributed by atoms with van der Waals surface area (Å²) in [5.41, 5.74) is 8.14. The molecule has 0 aliphatic rings. The summed E-state index contributed by atoms with van der Waals surface area (Å²) in [7, 11) is 1.99. The smallest absolute Gasteiger partial charge is 0.0224 e. The molecule has 1 unspecified atom stereocenters. The van der Waals surface area contributed by atoms with Crippen molar-refractivity contribution in [3.05, 3.63) is 65.2 Å². The molecule has 0 spiro atoms. The summed E-state index contributed by atoms with van der Waals surface area (Å²) in [5.74, 6) is 0. The Morgan fingerprint density at radius 1 is 0.957 bits per heavy atom. The SMILES string of the molecule is CCc1ccc(-c2ccc(/C(C)=C/C(C)NC)cc2)cc1CC. The fourth-order valence-corrected chi connectivity index (χ4v) is 2.96. The maximum atomic E-state index is 3.25. The van der Waals surface area contributed by atoms with Gasteiger partial charge in [-0.15, -0.1) is 0 Å². The third-order valence-corrected chi connectivity index (χ3v) is 4.60. The summed E-state index contributed by atoms with van der Waals surface area (Å²) < 4.78 is 0. The number of aryl methyl sites for hydroxylation is 2. The second kappa shape index (κ2) is 8.12. The van der Waals surface area contributed by atoms with Crippen LogP contribution in [0.1, 0.15) is 44.4 Å². The first kappa shape index (κ1) is 17.5. The van der Waals surface area contributed by atoms with Crippen molar-refractivity contribution < 1.29 is 0 Å². The van der Waals surface area contributed by atoms with E-state index in [4.69, 9.17) is 0 Å². The van der Waals surface area contributed by atoms with E-state index in [9.17, 15) is 0 Å². The molecule has 0 saturated heterocycles. The molecule has 0 radical (unpaired) electrons. The molecule has 1 nitrogen and oxygen atoms in total. The van der Waals surface area contributed by atoms with Crippen LogP contribution in [0, 0.1) is 0 Å². The summed E-state index contributed by atoms with van der Waals surface area (Å²) in [6, 6.07) is 16.2. The molecule has 0 fully saturated rings. The van der Waals surface area contributed by atoms with Crippen LogP contribution < -0.4 is 5.32 Å². The lowest BCUT2D eigenvalue weighted by Crippen LogP contribution is -2.18. The van der Waals surface area contributed by atoms with Gasteiger partial charge in [0.2, 0.25) is 0 Å². The van der Waals surface area contributed by atoms with Gasteiger partial charge in [-0.25, -0.2) is 0 Å². The molecule has 1 atom stereocenters. The zero-order chi connectivity index (χ0) is 16.8. The molecule has 1 N–H and O–H groups in total. The molecule has 1 heteroatoms. The van der Waals surface area contributed by atoms with Gasteiger partial charge in [0.25, 0.3) is 0 Å². The third kappa shape index (κ3) is 4.33. The van der Waals surface area contributed by atoms with E-state index in [0.29, 0.717) is 6.04 Å². The summed E-state index contributed by atoms with van der Waals surface area (Å²) in [6.07, 6.45) is 4.47. The first-order chi connectivity index (χ1) is 11.1. The van der Waals surface area contributed by atoms with E-state index >= 15 is 0 Å². The summed E-state index contributed by atoms with van der Waals surface area (Å²) in [6.45, 7) is 8.80. The molecule has 2 rings (SSSR count). The molecule has 2 aromatic carbocycles. The molecule has 0 aliphatic carbocycles. The molecule has 23 heavy (non-hydrogen) atoms. The number of nitrogens with one attached hydrogen (secondary N) is 1. The zero-order valence-electron chi connectivity index (χ0n) is 15.1. The van der Waals surface area contributed by atoms with Crippen LogP contribution in [0.2, 0.25) is 0 Å². The Balaban J connectivity index is 2.28. The van der Waals surface area contributed by atoms with Crippen LogP contribution in [0.15, 0.2) is 48.5 Å². The number of hydrogen-bond donors (Lipinski definition) is 1. The van der Waals surface area contributed by atoms with Crippen molar-refractivity contribution in [3.63, 3.8) is 0 Å². The van der Waals surface area contributed by atoms with Gasteiger partial charge in [-0.3, -0.25) is 0 Å². The molecule has 0 heterocycles. The molecule has 122 valence electrons. The van der Waals surface area contributed by atoms with Crippen molar-refractivity contribution in [1.29, 1.82) is 0 Å². The highest BCUT2D eigenvalue weighted by molar-refractivity contribution is 5.70. The van der Waals surface area contributed by atoms with Gasteiger partial charge < -0.3 is 5.32 Å². The van der Waals surface area contributed by atoms with Crippen LogP contribution in [-0.4, -0.2) is 13.1 Å². The van der Waals surface area contributed by atoms with Gasteiger partial charge in [-0.1, -0.05) is 62.4 Å². The molecule has 0 amide bonds.